The van der Waals surface area contributed by atoms with Crippen LogP contribution in [-0.2, 0) is 6.54 Å². The third-order valence-electron chi connectivity index (χ3n) is 2.95. The number of nitrogens with zero attached hydrogens (tertiary/aromatic N) is 1. The summed E-state index contributed by atoms with van der Waals surface area (Å²) in [5.41, 5.74) is 9.87. The third-order valence-corrected chi connectivity index (χ3v) is 2.95. The molecule has 6 heteroatoms. The van der Waals surface area contributed by atoms with Crippen LogP contribution in [0.1, 0.15) is 21.6 Å². The summed E-state index contributed by atoms with van der Waals surface area (Å²) < 4.78 is 0. The lowest BCUT2D eigenvalue weighted by Gasteiger charge is -2.10. The summed E-state index contributed by atoms with van der Waals surface area (Å²) in [6.07, 6.45) is 1.77. The van der Waals surface area contributed by atoms with E-state index in [1.54, 1.807) is 31.4 Å². The molecule has 2 aromatic rings. The van der Waals surface area contributed by atoms with Crippen molar-refractivity contribution in [3.05, 3.63) is 41.2 Å². The zero-order valence-corrected chi connectivity index (χ0v) is 10.9. The Labute approximate surface area is 111 Å². The fraction of sp³-hybridized carbons (Fsp3) is 0.231. The Morgan fingerprint density at radius 3 is 2.89 bits per heavy atom. The fourth-order valence-electron chi connectivity index (χ4n) is 1.74. The van der Waals surface area contributed by atoms with Crippen molar-refractivity contribution in [2.24, 2.45) is 0 Å². The van der Waals surface area contributed by atoms with Gasteiger partial charge in [-0.1, -0.05) is 0 Å². The highest BCUT2D eigenvalue weighted by Gasteiger charge is 2.07. The molecule has 1 heterocycles. The van der Waals surface area contributed by atoms with Crippen LogP contribution in [0.4, 0.5) is 11.4 Å². The van der Waals surface area contributed by atoms with Crippen LogP contribution in [0, 0.1) is 6.92 Å². The van der Waals surface area contributed by atoms with Gasteiger partial charge >= 0.3 is 0 Å². The van der Waals surface area contributed by atoms with Gasteiger partial charge in [0.05, 0.1) is 17.6 Å². The first kappa shape index (κ1) is 12.9. The number of nitrogen functional groups attached to an aromatic ring is 1. The number of nitrogens with one attached hydrogen (secondary N) is 3. The quantitative estimate of drug-likeness (QED) is 0.622. The average molecular weight is 259 g/mol. The summed E-state index contributed by atoms with van der Waals surface area (Å²) in [4.78, 5) is 11.6. The van der Waals surface area contributed by atoms with Crippen LogP contribution in [0.25, 0.3) is 0 Å². The van der Waals surface area contributed by atoms with E-state index < -0.39 is 0 Å². The van der Waals surface area contributed by atoms with Gasteiger partial charge in [0.1, 0.15) is 0 Å². The number of aromatic nitrogens is 2. The lowest BCUT2D eigenvalue weighted by Crippen LogP contribution is -2.18. The van der Waals surface area contributed by atoms with Crippen LogP contribution in [0.5, 0.6) is 0 Å². The number of hydrogen-bond acceptors (Lipinski definition) is 4. The second-order valence-electron chi connectivity index (χ2n) is 4.25. The number of benzene rings is 1. The first-order chi connectivity index (χ1) is 9.11. The molecular weight excluding hydrogens is 242 g/mol. The molecule has 0 spiro atoms. The molecule has 0 atom stereocenters. The van der Waals surface area contributed by atoms with Gasteiger partial charge in [0.15, 0.2) is 0 Å². The number of H-pyrrole nitrogens is 1. The summed E-state index contributed by atoms with van der Waals surface area (Å²) in [6.45, 7) is 2.55. The molecule has 0 aliphatic rings. The highest BCUT2D eigenvalue weighted by atomic mass is 16.1. The summed E-state index contributed by atoms with van der Waals surface area (Å²) >= 11 is 0. The molecule has 0 bridgehead atoms. The molecule has 0 unspecified atom stereocenters. The number of rotatable bonds is 4. The molecule has 0 saturated heterocycles. The standard InChI is InChI=1S/C13H17N5O/c1-8-10(7-17-18-8)6-16-12-5-9(13(19)15-2)3-4-11(12)14/h3-5,7,16H,6,14H2,1-2H3,(H,15,19)(H,17,18). The van der Waals surface area contributed by atoms with E-state index in [2.05, 4.69) is 20.8 Å². The number of anilines is 2. The minimum absolute atomic E-state index is 0.137. The Bertz CT molecular complexity index is 590. The number of nitrogens with two attached hydrogens (primary N) is 1. The number of amides is 1. The summed E-state index contributed by atoms with van der Waals surface area (Å²) in [7, 11) is 1.60. The Morgan fingerprint density at radius 2 is 2.26 bits per heavy atom. The molecule has 100 valence electrons. The molecule has 1 amide bonds. The summed E-state index contributed by atoms with van der Waals surface area (Å²) in [6, 6.07) is 5.15. The normalized spacial score (nSPS) is 10.2. The maximum absolute atomic E-state index is 11.6. The lowest BCUT2D eigenvalue weighted by atomic mass is 10.1. The van der Waals surface area contributed by atoms with Crippen molar-refractivity contribution in [2.45, 2.75) is 13.5 Å². The van der Waals surface area contributed by atoms with Gasteiger partial charge < -0.3 is 16.4 Å². The molecule has 0 aliphatic carbocycles. The SMILES string of the molecule is CNC(=O)c1ccc(N)c(NCc2cn[nH]c2C)c1. The van der Waals surface area contributed by atoms with Gasteiger partial charge in [0.2, 0.25) is 0 Å². The molecule has 2 rings (SSSR count). The van der Waals surface area contributed by atoms with Crippen LogP contribution >= 0.6 is 0 Å². The number of carbonyl (C=O) groups excluding carboxylic acids is 1. The first-order valence-electron chi connectivity index (χ1n) is 5.96. The monoisotopic (exact) mass is 259 g/mol. The van der Waals surface area contributed by atoms with Crippen molar-refractivity contribution in [1.29, 1.82) is 0 Å². The molecule has 0 radical (unpaired) electrons. The second-order valence-corrected chi connectivity index (χ2v) is 4.25. The summed E-state index contributed by atoms with van der Waals surface area (Å²) in [5.74, 6) is -0.137. The van der Waals surface area contributed by atoms with Crippen LogP contribution < -0.4 is 16.4 Å². The van der Waals surface area contributed by atoms with E-state index in [0.717, 1.165) is 16.9 Å². The predicted octanol–water partition coefficient (Wildman–Crippen LogP) is 1.27. The maximum atomic E-state index is 11.6. The van der Waals surface area contributed by atoms with Gasteiger partial charge in [-0.25, -0.2) is 0 Å². The van der Waals surface area contributed by atoms with Crippen LogP contribution in [0.15, 0.2) is 24.4 Å². The molecule has 1 aromatic heterocycles. The molecule has 0 saturated carbocycles. The molecular formula is C13H17N5O. The second kappa shape index (κ2) is 5.43. The predicted molar refractivity (Wildman–Crippen MR) is 74.9 cm³/mol. The van der Waals surface area contributed by atoms with E-state index in [0.29, 0.717) is 17.8 Å². The van der Waals surface area contributed by atoms with E-state index in [-0.39, 0.29) is 5.91 Å². The Balaban J connectivity index is 2.15. The minimum Gasteiger partial charge on any atom is -0.397 e. The number of hydrogen-bond donors (Lipinski definition) is 4. The fourth-order valence-corrected chi connectivity index (χ4v) is 1.74. The topological polar surface area (TPSA) is 95.8 Å². The highest BCUT2D eigenvalue weighted by Crippen LogP contribution is 2.21. The number of aryl methyl sites for hydroxylation is 1. The number of carbonyl (C=O) groups is 1. The molecule has 5 N–H and O–H groups in total. The van der Waals surface area contributed by atoms with Gasteiger partial charge in [-0.3, -0.25) is 9.89 Å². The molecule has 6 nitrogen and oxygen atoms in total. The van der Waals surface area contributed by atoms with Crippen molar-refractivity contribution in [2.75, 3.05) is 18.1 Å². The first-order valence-corrected chi connectivity index (χ1v) is 5.96. The minimum atomic E-state index is -0.137. The molecule has 19 heavy (non-hydrogen) atoms. The van der Waals surface area contributed by atoms with E-state index in [1.807, 2.05) is 6.92 Å². The zero-order chi connectivity index (χ0) is 13.8. The van der Waals surface area contributed by atoms with Crippen molar-refractivity contribution in [1.82, 2.24) is 15.5 Å². The van der Waals surface area contributed by atoms with Crippen molar-refractivity contribution in [3.8, 4) is 0 Å². The average Bonchev–Trinajstić information content (AvgIpc) is 2.82. The van der Waals surface area contributed by atoms with E-state index in [9.17, 15) is 4.79 Å². The van der Waals surface area contributed by atoms with Crippen LogP contribution in [0.3, 0.4) is 0 Å². The largest absolute Gasteiger partial charge is 0.397 e. The Morgan fingerprint density at radius 1 is 1.47 bits per heavy atom. The van der Waals surface area contributed by atoms with Gasteiger partial charge in [0.25, 0.3) is 5.91 Å². The molecule has 1 aromatic carbocycles. The van der Waals surface area contributed by atoms with Crippen molar-refractivity contribution in [3.63, 3.8) is 0 Å². The smallest absolute Gasteiger partial charge is 0.251 e. The Kier molecular flexibility index (Phi) is 3.70. The molecule has 0 aliphatic heterocycles. The van der Waals surface area contributed by atoms with Gasteiger partial charge in [-0.05, 0) is 25.1 Å². The lowest BCUT2D eigenvalue weighted by molar-refractivity contribution is 0.0963. The van der Waals surface area contributed by atoms with Crippen LogP contribution in [-0.4, -0.2) is 23.2 Å². The zero-order valence-electron chi connectivity index (χ0n) is 10.9. The number of aromatic amines is 1. The van der Waals surface area contributed by atoms with Gasteiger partial charge in [-0.15, -0.1) is 0 Å². The maximum Gasteiger partial charge on any atom is 0.251 e. The highest BCUT2D eigenvalue weighted by molar-refractivity contribution is 5.96. The van der Waals surface area contributed by atoms with Gasteiger partial charge in [-0.2, -0.15) is 5.10 Å². The third kappa shape index (κ3) is 2.85. The van der Waals surface area contributed by atoms with Gasteiger partial charge in [0, 0.05) is 30.4 Å². The van der Waals surface area contributed by atoms with Crippen molar-refractivity contribution >= 4 is 17.3 Å². The van der Waals surface area contributed by atoms with E-state index in [1.165, 1.54) is 0 Å². The van der Waals surface area contributed by atoms with Crippen molar-refractivity contribution < 1.29 is 4.79 Å². The van der Waals surface area contributed by atoms with E-state index in [4.69, 9.17) is 5.73 Å². The molecule has 0 fully saturated rings. The van der Waals surface area contributed by atoms with Crippen LogP contribution in [0.2, 0.25) is 0 Å². The van der Waals surface area contributed by atoms with E-state index >= 15 is 0 Å². The Hall–Kier alpha value is -2.50. The summed E-state index contributed by atoms with van der Waals surface area (Å²) in [5, 5.41) is 12.6.